The maximum absolute atomic E-state index is 13.9. The quantitative estimate of drug-likeness (QED) is 0.842. The Morgan fingerprint density at radius 2 is 1.81 bits per heavy atom. The molecule has 2 atom stereocenters. The van der Waals surface area contributed by atoms with E-state index < -0.39 is 11.7 Å². The number of nitrogens with zero attached hydrogens (tertiary/aromatic N) is 2. The average Bonchev–Trinajstić information content (AvgIpc) is 3.09. The van der Waals surface area contributed by atoms with Gasteiger partial charge in [-0.3, -0.25) is 9.59 Å². The lowest BCUT2D eigenvalue weighted by molar-refractivity contribution is -0.138. The molecule has 5 nitrogen and oxygen atoms in total. The van der Waals surface area contributed by atoms with Gasteiger partial charge in [-0.05, 0) is 37.4 Å². The highest BCUT2D eigenvalue weighted by Gasteiger charge is 2.36. The normalized spacial score (nSPS) is 22.9. The van der Waals surface area contributed by atoms with Crippen LogP contribution in [0.2, 0.25) is 5.02 Å². The van der Waals surface area contributed by atoms with Gasteiger partial charge in [-0.15, -0.1) is 12.4 Å². The van der Waals surface area contributed by atoms with Crippen LogP contribution < -0.4 is 5.73 Å². The summed E-state index contributed by atoms with van der Waals surface area (Å²) in [6.45, 7) is 2.24. The van der Waals surface area contributed by atoms with E-state index in [0.29, 0.717) is 32.7 Å². The van der Waals surface area contributed by atoms with E-state index in [1.54, 1.807) is 4.90 Å². The van der Waals surface area contributed by atoms with Gasteiger partial charge in [-0.1, -0.05) is 24.1 Å². The van der Waals surface area contributed by atoms with Gasteiger partial charge in [0.15, 0.2) is 0 Å². The highest BCUT2D eigenvalue weighted by molar-refractivity contribution is 6.33. The van der Waals surface area contributed by atoms with Gasteiger partial charge >= 0.3 is 0 Å². The number of amides is 2. The summed E-state index contributed by atoms with van der Waals surface area (Å²) >= 11 is 5.98. The maximum Gasteiger partial charge on any atom is 0.258 e. The molecule has 2 aliphatic rings. The molecule has 0 bridgehead atoms. The highest BCUT2D eigenvalue weighted by atomic mass is 35.5. The van der Waals surface area contributed by atoms with E-state index in [2.05, 4.69) is 0 Å². The van der Waals surface area contributed by atoms with Crippen molar-refractivity contribution in [1.82, 2.24) is 9.80 Å². The molecule has 1 aliphatic carbocycles. The molecule has 0 aromatic heterocycles. The third kappa shape index (κ3) is 4.13. The molecule has 0 spiro atoms. The molecule has 2 N–H and O–H groups in total. The fourth-order valence-corrected chi connectivity index (χ4v) is 4.11. The van der Waals surface area contributed by atoms with Crippen LogP contribution in [0.25, 0.3) is 0 Å². The lowest BCUT2D eigenvalue weighted by Crippen LogP contribution is -2.52. The Labute approximate surface area is 164 Å². The molecule has 144 valence electrons. The molecule has 8 heteroatoms. The Hall–Kier alpha value is -1.37. The van der Waals surface area contributed by atoms with Crippen molar-refractivity contribution in [2.24, 2.45) is 17.6 Å². The molecule has 2 amide bonds. The summed E-state index contributed by atoms with van der Waals surface area (Å²) in [6, 6.07) is 4.21. The first-order chi connectivity index (χ1) is 12.0. The van der Waals surface area contributed by atoms with Crippen molar-refractivity contribution in [2.75, 3.05) is 32.7 Å². The van der Waals surface area contributed by atoms with Gasteiger partial charge in [-0.2, -0.15) is 0 Å². The van der Waals surface area contributed by atoms with Crippen LogP contribution in [0.5, 0.6) is 0 Å². The number of hydrogen-bond acceptors (Lipinski definition) is 3. The van der Waals surface area contributed by atoms with Crippen LogP contribution in [-0.2, 0) is 4.79 Å². The molecule has 3 rings (SSSR count). The number of piperazine rings is 1. The Bertz CT molecular complexity index is 646. The van der Waals surface area contributed by atoms with E-state index >= 15 is 0 Å². The van der Waals surface area contributed by atoms with Crippen molar-refractivity contribution < 1.29 is 14.0 Å². The second-order valence-corrected chi connectivity index (χ2v) is 7.15. The minimum absolute atomic E-state index is 0. The second kappa shape index (κ2) is 9.02. The lowest BCUT2D eigenvalue weighted by Gasteiger charge is -2.37. The second-order valence-electron chi connectivity index (χ2n) is 6.75. The lowest BCUT2D eigenvalue weighted by atomic mass is 9.94. The summed E-state index contributed by atoms with van der Waals surface area (Å²) in [5.41, 5.74) is 5.68. The van der Waals surface area contributed by atoms with Gasteiger partial charge in [0.1, 0.15) is 5.82 Å². The van der Waals surface area contributed by atoms with Crippen molar-refractivity contribution >= 4 is 35.8 Å². The SMILES string of the molecule is Cl.NC[C@H]1CCC[C@H]1C(=O)N1CCN(C(=O)c2c(F)cccc2Cl)CC1. The van der Waals surface area contributed by atoms with Crippen LogP contribution in [0.4, 0.5) is 4.39 Å². The largest absolute Gasteiger partial charge is 0.339 e. The summed E-state index contributed by atoms with van der Waals surface area (Å²) in [6.07, 6.45) is 2.95. The number of carbonyl (C=O) groups is 2. The first-order valence-corrected chi connectivity index (χ1v) is 9.13. The number of nitrogens with two attached hydrogens (primary N) is 1. The van der Waals surface area contributed by atoms with Crippen molar-refractivity contribution in [3.8, 4) is 0 Å². The zero-order valence-electron chi connectivity index (χ0n) is 14.5. The van der Waals surface area contributed by atoms with E-state index in [1.807, 2.05) is 4.90 Å². The fraction of sp³-hybridized carbons (Fsp3) is 0.556. The monoisotopic (exact) mass is 403 g/mol. The molecule has 1 aromatic carbocycles. The molecule has 1 saturated heterocycles. The van der Waals surface area contributed by atoms with E-state index in [1.165, 1.54) is 18.2 Å². The first-order valence-electron chi connectivity index (χ1n) is 8.75. The molecular weight excluding hydrogens is 380 g/mol. The summed E-state index contributed by atoms with van der Waals surface area (Å²) in [5, 5.41) is 0.111. The smallest absolute Gasteiger partial charge is 0.258 e. The third-order valence-corrected chi connectivity index (χ3v) is 5.65. The molecule has 0 radical (unpaired) electrons. The van der Waals surface area contributed by atoms with Gasteiger partial charge < -0.3 is 15.5 Å². The molecule has 2 fully saturated rings. The number of rotatable bonds is 3. The topological polar surface area (TPSA) is 66.6 Å². The van der Waals surface area contributed by atoms with Crippen molar-refractivity contribution in [2.45, 2.75) is 19.3 Å². The molecule has 1 saturated carbocycles. The summed E-state index contributed by atoms with van der Waals surface area (Å²) in [7, 11) is 0. The molecular formula is C18H24Cl2FN3O2. The van der Waals surface area contributed by atoms with Crippen LogP contribution in [0, 0.1) is 17.7 Å². The molecule has 1 heterocycles. The Morgan fingerprint density at radius 1 is 1.15 bits per heavy atom. The number of benzene rings is 1. The number of halogens is 3. The maximum atomic E-state index is 13.9. The van der Waals surface area contributed by atoms with Gasteiger partial charge in [0.05, 0.1) is 10.6 Å². The number of carbonyl (C=O) groups excluding carboxylic acids is 2. The molecule has 0 unspecified atom stereocenters. The molecule has 1 aromatic rings. The summed E-state index contributed by atoms with van der Waals surface area (Å²) in [5.74, 6) is -0.620. The van der Waals surface area contributed by atoms with E-state index in [-0.39, 0.29) is 40.7 Å². The predicted octanol–water partition coefficient (Wildman–Crippen LogP) is 2.56. The molecule has 26 heavy (non-hydrogen) atoms. The van der Waals surface area contributed by atoms with E-state index in [9.17, 15) is 14.0 Å². The fourth-order valence-electron chi connectivity index (χ4n) is 3.87. The summed E-state index contributed by atoms with van der Waals surface area (Å²) in [4.78, 5) is 28.6. The Balaban J connectivity index is 0.00000243. The minimum Gasteiger partial charge on any atom is -0.339 e. The zero-order valence-corrected chi connectivity index (χ0v) is 16.1. The Morgan fingerprint density at radius 3 is 2.42 bits per heavy atom. The van der Waals surface area contributed by atoms with Crippen LogP contribution in [0.3, 0.4) is 0 Å². The van der Waals surface area contributed by atoms with Crippen LogP contribution in [0.15, 0.2) is 18.2 Å². The third-order valence-electron chi connectivity index (χ3n) is 5.33. The van der Waals surface area contributed by atoms with Gasteiger partial charge in [0.25, 0.3) is 5.91 Å². The van der Waals surface area contributed by atoms with Crippen LogP contribution >= 0.6 is 24.0 Å². The van der Waals surface area contributed by atoms with Crippen LogP contribution in [0.1, 0.15) is 29.6 Å². The van der Waals surface area contributed by atoms with Crippen molar-refractivity contribution in [3.63, 3.8) is 0 Å². The van der Waals surface area contributed by atoms with Gasteiger partial charge in [-0.25, -0.2) is 4.39 Å². The van der Waals surface area contributed by atoms with E-state index in [4.69, 9.17) is 17.3 Å². The predicted molar refractivity (Wildman–Crippen MR) is 101 cm³/mol. The van der Waals surface area contributed by atoms with Gasteiger partial charge in [0, 0.05) is 32.1 Å². The minimum atomic E-state index is -0.618. The average molecular weight is 404 g/mol. The van der Waals surface area contributed by atoms with Crippen LogP contribution in [-0.4, -0.2) is 54.3 Å². The van der Waals surface area contributed by atoms with Gasteiger partial charge in [0.2, 0.25) is 5.91 Å². The zero-order chi connectivity index (χ0) is 18.0. The Kier molecular flexibility index (Phi) is 7.26. The summed E-state index contributed by atoms with van der Waals surface area (Å²) < 4.78 is 13.9. The standard InChI is InChI=1S/C18H23ClFN3O2.ClH/c19-14-5-2-6-15(20)16(14)18(25)23-9-7-22(8-10-23)17(24)13-4-1-3-12(13)11-21;/h2,5-6,12-13H,1,3-4,7-11,21H2;1H/t12-,13-;/m1./s1. The molecule has 1 aliphatic heterocycles. The number of hydrogen-bond donors (Lipinski definition) is 1. The highest BCUT2D eigenvalue weighted by Crippen LogP contribution is 2.32. The van der Waals surface area contributed by atoms with Crippen molar-refractivity contribution in [1.29, 1.82) is 0 Å². The van der Waals surface area contributed by atoms with E-state index in [0.717, 1.165) is 19.3 Å². The van der Waals surface area contributed by atoms with Crippen molar-refractivity contribution in [3.05, 3.63) is 34.6 Å². The first kappa shape index (κ1) is 20.9.